The molecule has 0 radical (unpaired) electrons. The van der Waals surface area contributed by atoms with Gasteiger partial charge in [0.1, 0.15) is 22.3 Å². The van der Waals surface area contributed by atoms with Gasteiger partial charge in [-0.3, -0.25) is 0 Å². The molecule has 0 aliphatic rings. The lowest BCUT2D eigenvalue weighted by Crippen LogP contribution is -1.85. The normalized spacial score (nSPS) is 11.9. The number of fused-ring (bicyclic) bond motifs is 9. The maximum absolute atomic E-state index is 6.58. The lowest BCUT2D eigenvalue weighted by molar-refractivity contribution is 0.664. The maximum Gasteiger partial charge on any atom is 0.144 e. The third-order valence-electron chi connectivity index (χ3n) is 6.45. The molecule has 7 rings (SSSR count). The standard InChI is InChI=1S/C29H19NO2/c1-30-22-16-14-20-12-10-18-6-2-4-8-24(18)31-28(20)26(22)27-23(30)17-15-21-13-11-19-7-3-5-9-25(19)32-29(21)27/h2-17H,1H3. The molecule has 0 saturated carbocycles. The highest BCUT2D eigenvalue weighted by atomic mass is 16.3. The summed E-state index contributed by atoms with van der Waals surface area (Å²) < 4.78 is 15.4. The van der Waals surface area contributed by atoms with Gasteiger partial charge in [0.2, 0.25) is 0 Å². The molecule has 0 N–H and O–H groups in total. The van der Waals surface area contributed by atoms with Crippen LogP contribution in [0.3, 0.4) is 0 Å². The summed E-state index contributed by atoms with van der Waals surface area (Å²) in [4.78, 5) is 0. The Labute approximate surface area is 183 Å². The number of benzene rings is 4. The van der Waals surface area contributed by atoms with Gasteiger partial charge < -0.3 is 13.4 Å². The maximum atomic E-state index is 6.58. The van der Waals surface area contributed by atoms with Crippen molar-refractivity contribution in [1.82, 2.24) is 4.57 Å². The van der Waals surface area contributed by atoms with E-state index in [1.807, 2.05) is 36.4 Å². The second-order valence-corrected chi connectivity index (χ2v) is 8.26. The zero-order chi connectivity index (χ0) is 21.2. The molecule has 32 heavy (non-hydrogen) atoms. The number of nitrogens with zero attached hydrogens (tertiary/aromatic N) is 1. The van der Waals surface area contributed by atoms with Crippen molar-refractivity contribution >= 4 is 65.7 Å². The first-order valence-electron chi connectivity index (χ1n) is 10.8. The van der Waals surface area contributed by atoms with E-state index in [2.05, 4.69) is 72.3 Å². The van der Waals surface area contributed by atoms with Crippen molar-refractivity contribution in [3.05, 3.63) is 97.1 Å². The van der Waals surface area contributed by atoms with Gasteiger partial charge in [-0.15, -0.1) is 0 Å². The molecule has 7 aromatic rings. The highest BCUT2D eigenvalue weighted by Gasteiger charge is 2.17. The minimum absolute atomic E-state index is 0.861. The van der Waals surface area contributed by atoms with Crippen molar-refractivity contribution in [3.63, 3.8) is 0 Å². The van der Waals surface area contributed by atoms with Crippen molar-refractivity contribution in [2.45, 2.75) is 0 Å². The Kier molecular flexibility index (Phi) is 3.48. The Morgan fingerprint density at radius 3 is 1.38 bits per heavy atom. The lowest BCUT2D eigenvalue weighted by atomic mass is 10.1. The highest BCUT2D eigenvalue weighted by molar-refractivity contribution is 6.25. The Morgan fingerprint density at radius 2 is 0.875 bits per heavy atom. The Morgan fingerprint density at radius 1 is 0.469 bits per heavy atom. The number of aryl methyl sites for hydroxylation is 1. The molecule has 0 aliphatic carbocycles. The third kappa shape index (κ3) is 2.36. The third-order valence-corrected chi connectivity index (χ3v) is 6.45. The van der Waals surface area contributed by atoms with Crippen molar-refractivity contribution in [2.24, 2.45) is 7.05 Å². The van der Waals surface area contributed by atoms with Crippen LogP contribution in [0, 0.1) is 0 Å². The summed E-state index contributed by atoms with van der Waals surface area (Å²) in [6, 6.07) is 33.4. The van der Waals surface area contributed by atoms with E-state index >= 15 is 0 Å². The van der Waals surface area contributed by atoms with Crippen LogP contribution in [0.25, 0.3) is 65.7 Å². The van der Waals surface area contributed by atoms with Gasteiger partial charge in [-0.25, -0.2) is 0 Å². The van der Waals surface area contributed by atoms with Gasteiger partial charge in [0, 0.05) is 28.6 Å². The molecular formula is C29H19NO2. The largest absolute Gasteiger partial charge is 0.455 e. The highest BCUT2D eigenvalue weighted by Crippen LogP contribution is 2.39. The van der Waals surface area contributed by atoms with Crippen molar-refractivity contribution < 1.29 is 8.83 Å². The van der Waals surface area contributed by atoms with Crippen LogP contribution >= 0.6 is 0 Å². The van der Waals surface area contributed by atoms with Crippen molar-refractivity contribution in [1.29, 1.82) is 0 Å². The SMILES string of the molecule is Cn1c2ccc3ccc4ccccc4oc3c2c2c3oc4ccccc4ccc3ccc21. The molecule has 0 saturated heterocycles. The van der Waals surface area contributed by atoms with E-state index in [4.69, 9.17) is 8.83 Å². The fourth-order valence-electron chi connectivity index (χ4n) is 4.83. The minimum atomic E-state index is 0.861. The Bertz CT molecular complexity index is 1760. The predicted molar refractivity (Wildman–Crippen MR) is 133 cm³/mol. The fraction of sp³-hybridized carbons (Fsp3) is 0.0345. The van der Waals surface area contributed by atoms with Crippen LogP contribution in [-0.2, 0) is 7.05 Å². The number of hydrogen-bond acceptors (Lipinski definition) is 2. The van der Waals surface area contributed by atoms with E-state index in [0.717, 1.165) is 65.7 Å². The Hall–Kier alpha value is -4.24. The average Bonchev–Trinajstić information content (AvgIpc) is 2.97. The van der Waals surface area contributed by atoms with E-state index < -0.39 is 0 Å². The van der Waals surface area contributed by atoms with E-state index in [9.17, 15) is 0 Å². The molecule has 3 nitrogen and oxygen atoms in total. The van der Waals surface area contributed by atoms with Gasteiger partial charge in [-0.05, 0) is 36.4 Å². The fourth-order valence-corrected chi connectivity index (χ4v) is 4.83. The van der Waals surface area contributed by atoms with E-state index in [0.29, 0.717) is 0 Å². The first-order valence-corrected chi connectivity index (χ1v) is 10.8. The van der Waals surface area contributed by atoms with Crippen LogP contribution in [0.1, 0.15) is 0 Å². The molecule has 0 fully saturated rings. The average molecular weight is 413 g/mol. The molecule has 3 heteroatoms. The van der Waals surface area contributed by atoms with Crippen LogP contribution in [0.2, 0.25) is 0 Å². The van der Waals surface area contributed by atoms with Gasteiger partial charge in [0.25, 0.3) is 0 Å². The smallest absolute Gasteiger partial charge is 0.144 e. The summed E-state index contributed by atoms with van der Waals surface area (Å²) in [5.74, 6) is 0. The quantitative estimate of drug-likeness (QED) is 0.251. The first kappa shape index (κ1) is 17.4. The summed E-state index contributed by atoms with van der Waals surface area (Å²) in [5.41, 5.74) is 5.69. The Balaban J connectivity index is 1.80. The van der Waals surface area contributed by atoms with E-state index in [1.54, 1.807) is 0 Å². The molecule has 3 heterocycles. The topological polar surface area (TPSA) is 31.2 Å². The van der Waals surface area contributed by atoms with Crippen molar-refractivity contribution in [3.8, 4) is 0 Å². The molecular weight excluding hydrogens is 394 g/mol. The number of hydrogen-bond donors (Lipinski definition) is 0. The van der Waals surface area contributed by atoms with Crippen LogP contribution in [0.15, 0.2) is 106 Å². The van der Waals surface area contributed by atoms with Gasteiger partial charge in [-0.1, -0.05) is 60.7 Å². The molecule has 0 atom stereocenters. The molecule has 3 aromatic heterocycles. The van der Waals surface area contributed by atoms with Gasteiger partial charge >= 0.3 is 0 Å². The van der Waals surface area contributed by atoms with Gasteiger partial charge in [-0.2, -0.15) is 0 Å². The van der Waals surface area contributed by atoms with Gasteiger partial charge in [0.05, 0.1) is 21.8 Å². The van der Waals surface area contributed by atoms with Crippen LogP contribution in [0.5, 0.6) is 0 Å². The molecule has 0 spiro atoms. The van der Waals surface area contributed by atoms with Gasteiger partial charge in [0.15, 0.2) is 0 Å². The summed E-state index contributed by atoms with van der Waals surface area (Å²) in [5, 5.41) is 6.41. The summed E-state index contributed by atoms with van der Waals surface area (Å²) in [6.07, 6.45) is 0. The van der Waals surface area contributed by atoms with Crippen LogP contribution < -0.4 is 0 Å². The molecule has 0 unspecified atom stereocenters. The number of para-hydroxylation sites is 2. The minimum Gasteiger partial charge on any atom is -0.455 e. The summed E-state index contributed by atoms with van der Waals surface area (Å²) in [6.45, 7) is 0. The molecule has 0 aliphatic heterocycles. The molecule has 152 valence electrons. The van der Waals surface area contributed by atoms with Crippen LogP contribution in [0.4, 0.5) is 0 Å². The zero-order valence-corrected chi connectivity index (χ0v) is 17.5. The van der Waals surface area contributed by atoms with E-state index in [1.165, 1.54) is 0 Å². The predicted octanol–water partition coefficient (Wildman–Crippen LogP) is 8.25. The second kappa shape index (κ2) is 6.38. The molecule has 4 aromatic carbocycles. The van der Waals surface area contributed by atoms with E-state index in [-0.39, 0.29) is 0 Å². The number of aromatic nitrogens is 1. The van der Waals surface area contributed by atoms with Crippen molar-refractivity contribution in [2.75, 3.05) is 0 Å². The summed E-state index contributed by atoms with van der Waals surface area (Å²) >= 11 is 0. The van der Waals surface area contributed by atoms with Crippen LogP contribution in [-0.4, -0.2) is 4.57 Å². The monoisotopic (exact) mass is 413 g/mol. The zero-order valence-electron chi connectivity index (χ0n) is 17.5. The molecule has 0 bridgehead atoms. The first-order chi connectivity index (χ1) is 15.8. The molecule has 0 amide bonds. The second-order valence-electron chi connectivity index (χ2n) is 8.26. The number of rotatable bonds is 0. The summed E-state index contributed by atoms with van der Waals surface area (Å²) in [7, 11) is 2.10. The lowest BCUT2D eigenvalue weighted by Gasteiger charge is -1.99.